The van der Waals surface area contributed by atoms with E-state index in [9.17, 15) is 8.42 Å². The van der Waals surface area contributed by atoms with Crippen LogP contribution in [0.1, 0.15) is 39.3 Å². The van der Waals surface area contributed by atoms with Crippen molar-refractivity contribution >= 4 is 40.0 Å². The van der Waals surface area contributed by atoms with E-state index in [1.54, 1.807) is 10.4 Å². The number of hydrogen-bond acceptors (Lipinski definition) is 6. The minimum absolute atomic E-state index is 0. The molecule has 0 spiro atoms. The van der Waals surface area contributed by atoms with E-state index in [0.29, 0.717) is 37.9 Å². The van der Waals surface area contributed by atoms with Crippen molar-refractivity contribution in [1.29, 1.82) is 0 Å². The minimum Gasteiger partial charge on any atom is -0.364 e. The number of guanidine groups is 1. The summed E-state index contributed by atoms with van der Waals surface area (Å²) in [5, 5.41) is 7.10. The molecule has 2 fully saturated rings. The average Bonchev–Trinajstić information content (AvgIpc) is 3.24. The van der Waals surface area contributed by atoms with Crippen LogP contribution in [0.2, 0.25) is 0 Å². The molecule has 0 radical (unpaired) electrons. The van der Waals surface area contributed by atoms with Gasteiger partial charge in [0.1, 0.15) is 12.0 Å². The van der Waals surface area contributed by atoms with Gasteiger partial charge >= 0.3 is 0 Å². The lowest BCUT2D eigenvalue weighted by Gasteiger charge is -2.37. The number of piperazine rings is 1. The first-order valence-electron chi connectivity index (χ1n) is 11.0. The number of aliphatic imine (C=N–C) groups is 1. The standard InChI is InChI=1S/C20H36N6O3S.HI/c1-4-21-20(22-15-18(3)24-8-5-17(2)6-9-24)25-10-12-26(13-11-25)30(27,28)16-19-7-14-29-23-19;/h7,14,17-18H,4-6,8-13,15-16H2,1-3H3,(H,21,22);1H. The summed E-state index contributed by atoms with van der Waals surface area (Å²) in [6.07, 6.45) is 3.92. The van der Waals surface area contributed by atoms with E-state index in [0.717, 1.165) is 38.1 Å². The molecule has 1 aromatic heterocycles. The molecule has 0 bridgehead atoms. The number of aromatic nitrogens is 1. The Morgan fingerprint density at radius 1 is 1.26 bits per heavy atom. The quantitative estimate of drug-likeness (QED) is 0.305. The number of nitrogens with one attached hydrogen (secondary N) is 1. The maximum Gasteiger partial charge on any atom is 0.220 e. The van der Waals surface area contributed by atoms with Crippen molar-refractivity contribution in [3.8, 4) is 0 Å². The predicted molar refractivity (Wildman–Crippen MR) is 133 cm³/mol. The Balaban J connectivity index is 0.00000341. The number of sulfonamides is 1. The van der Waals surface area contributed by atoms with Gasteiger partial charge in [-0.25, -0.2) is 8.42 Å². The van der Waals surface area contributed by atoms with Crippen LogP contribution in [0.25, 0.3) is 0 Å². The van der Waals surface area contributed by atoms with Crippen LogP contribution in [0.3, 0.4) is 0 Å². The Morgan fingerprint density at radius 3 is 2.52 bits per heavy atom. The number of halogens is 1. The highest BCUT2D eigenvalue weighted by Crippen LogP contribution is 2.18. The van der Waals surface area contributed by atoms with Gasteiger partial charge in [-0.3, -0.25) is 9.89 Å². The average molecular weight is 569 g/mol. The zero-order valence-corrected chi connectivity index (χ0v) is 22.0. The van der Waals surface area contributed by atoms with E-state index in [4.69, 9.17) is 9.52 Å². The van der Waals surface area contributed by atoms with E-state index >= 15 is 0 Å². The van der Waals surface area contributed by atoms with Crippen LogP contribution >= 0.6 is 24.0 Å². The highest BCUT2D eigenvalue weighted by molar-refractivity contribution is 14.0. The Morgan fingerprint density at radius 2 is 1.94 bits per heavy atom. The summed E-state index contributed by atoms with van der Waals surface area (Å²) < 4.78 is 31.6. The number of likely N-dealkylation sites (tertiary alicyclic amines) is 1. The zero-order valence-electron chi connectivity index (χ0n) is 18.9. The highest BCUT2D eigenvalue weighted by atomic mass is 127. The molecule has 31 heavy (non-hydrogen) atoms. The van der Waals surface area contributed by atoms with Gasteiger partial charge in [-0.2, -0.15) is 4.31 Å². The van der Waals surface area contributed by atoms with Gasteiger partial charge in [0.2, 0.25) is 10.0 Å². The lowest BCUT2D eigenvalue weighted by Crippen LogP contribution is -2.54. The molecule has 3 heterocycles. The van der Waals surface area contributed by atoms with Gasteiger partial charge in [-0.15, -0.1) is 24.0 Å². The molecular formula is C20H37IN6O3S. The van der Waals surface area contributed by atoms with Crippen molar-refractivity contribution in [2.75, 3.05) is 52.4 Å². The second-order valence-corrected chi connectivity index (χ2v) is 10.4. The van der Waals surface area contributed by atoms with Gasteiger partial charge in [0.15, 0.2) is 5.96 Å². The largest absolute Gasteiger partial charge is 0.364 e. The molecule has 1 atom stereocenters. The second-order valence-electron chi connectivity index (χ2n) is 8.40. The van der Waals surface area contributed by atoms with Crippen molar-refractivity contribution in [1.82, 2.24) is 24.6 Å². The van der Waals surface area contributed by atoms with E-state index < -0.39 is 10.0 Å². The molecule has 0 amide bonds. The van der Waals surface area contributed by atoms with Crippen molar-refractivity contribution < 1.29 is 12.9 Å². The topological polar surface area (TPSA) is 94.3 Å². The van der Waals surface area contributed by atoms with Crippen LogP contribution in [0.15, 0.2) is 21.8 Å². The first-order chi connectivity index (χ1) is 14.4. The van der Waals surface area contributed by atoms with Gasteiger partial charge in [-0.1, -0.05) is 12.1 Å². The normalized spacial score (nSPS) is 21.0. The molecule has 1 N–H and O–H groups in total. The van der Waals surface area contributed by atoms with Gasteiger partial charge in [-0.05, 0) is 45.7 Å². The monoisotopic (exact) mass is 568 g/mol. The first-order valence-corrected chi connectivity index (χ1v) is 12.6. The fourth-order valence-corrected chi connectivity index (χ4v) is 5.42. The van der Waals surface area contributed by atoms with Crippen LogP contribution in [-0.4, -0.2) is 92.0 Å². The summed E-state index contributed by atoms with van der Waals surface area (Å²) >= 11 is 0. The van der Waals surface area contributed by atoms with Crippen LogP contribution in [0.4, 0.5) is 0 Å². The molecule has 3 rings (SSSR count). The first kappa shape index (κ1) is 26.3. The third-order valence-corrected chi connectivity index (χ3v) is 7.85. The van der Waals surface area contributed by atoms with Crippen LogP contribution < -0.4 is 5.32 Å². The Bertz CT molecular complexity index is 773. The molecule has 1 unspecified atom stereocenters. The molecule has 2 saturated heterocycles. The van der Waals surface area contributed by atoms with E-state index in [1.807, 2.05) is 0 Å². The Hall–Kier alpha value is -0.920. The summed E-state index contributed by atoms with van der Waals surface area (Å²) in [5.74, 6) is 1.58. The van der Waals surface area contributed by atoms with E-state index in [1.165, 1.54) is 19.1 Å². The van der Waals surface area contributed by atoms with Crippen molar-refractivity contribution in [2.24, 2.45) is 10.9 Å². The summed E-state index contributed by atoms with van der Waals surface area (Å²) in [7, 11) is -3.40. The van der Waals surface area contributed by atoms with Crippen molar-refractivity contribution in [2.45, 2.75) is 45.4 Å². The number of rotatable bonds is 7. The lowest BCUT2D eigenvalue weighted by molar-refractivity contribution is 0.150. The second kappa shape index (κ2) is 12.4. The zero-order chi connectivity index (χ0) is 21.6. The lowest BCUT2D eigenvalue weighted by atomic mass is 9.98. The Kier molecular flexibility index (Phi) is 10.5. The Labute approximate surface area is 203 Å². The SMILES string of the molecule is CCNC(=NCC(C)N1CCC(C)CC1)N1CCN(S(=O)(=O)Cc2ccon2)CC1.I. The number of piperidine rings is 1. The van der Waals surface area contributed by atoms with Crippen molar-refractivity contribution in [3.05, 3.63) is 18.0 Å². The number of hydrogen-bond donors (Lipinski definition) is 1. The van der Waals surface area contributed by atoms with Gasteiger partial charge in [0.25, 0.3) is 0 Å². The minimum atomic E-state index is -3.40. The predicted octanol–water partition coefficient (Wildman–Crippen LogP) is 1.83. The molecule has 0 aliphatic carbocycles. The maximum atomic E-state index is 12.6. The van der Waals surface area contributed by atoms with Gasteiger partial charge in [0, 0.05) is 44.8 Å². The third kappa shape index (κ3) is 7.57. The number of nitrogens with zero attached hydrogens (tertiary/aromatic N) is 5. The summed E-state index contributed by atoms with van der Waals surface area (Å²) in [6.45, 7) is 12.6. The van der Waals surface area contributed by atoms with Crippen LogP contribution in [0, 0.1) is 5.92 Å². The maximum absolute atomic E-state index is 12.6. The highest BCUT2D eigenvalue weighted by Gasteiger charge is 2.29. The smallest absolute Gasteiger partial charge is 0.220 e. The van der Waals surface area contributed by atoms with Gasteiger partial charge < -0.3 is 14.7 Å². The molecule has 9 nitrogen and oxygen atoms in total. The molecule has 1 aromatic rings. The third-order valence-electron chi connectivity index (χ3n) is 6.03. The molecular weight excluding hydrogens is 531 g/mol. The van der Waals surface area contributed by atoms with Gasteiger partial charge in [0.05, 0.1) is 12.2 Å². The summed E-state index contributed by atoms with van der Waals surface area (Å²) in [5.41, 5.74) is 0.438. The molecule has 2 aliphatic heterocycles. The fraction of sp³-hybridized carbons (Fsp3) is 0.800. The van der Waals surface area contributed by atoms with Crippen molar-refractivity contribution in [3.63, 3.8) is 0 Å². The molecule has 178 valence electrons. The summed E-state index contributed by atoms with van der Waals surface area (Å²) in [6, 6.07) is 2.00. The molecule has 0 aromatic carbocycles. The van der Waals surface area contributed by atoms with Crippen LogP contribution in [-0.2, 0) is 15.8 Å². The summed E-state index contributed by atoms with van der Waals surface area (Å²) in [4.78, 5) is 9.57. The van der Waals surface area contributed by atoms with E-state index in [-0.39, 0.29) is 29.7 Å². The molecule has 11 heteroatoms. The molecule has 2 aliphatic rings. The molecule has 0 saturated carbocycles. The fourth-order valence-electron chi connectivity index (χ4n) is 4.00. The van der Waals surface area contributed by atoms with Crippen LogP contribution in [0.5, 0.6) is 0 Å². The van der Waals surface area contributed by atoms with E-state index in [2.05, 4.69) is 41.0 Å².